The van der Waals surface area contributed by atoms with Gasteiger partial charge in [0, 0.05) is 17.5 Å². The summed E-state index contributed by atoms with van der Waals surface area (Å²) in [6, 6.07) is 55.4. The number of ether oxygens (including phenoxy) is 3. The first-order valence-corrected chi connectivity index (χ1v) is 18.4. The number of hydrogen-bond donors (Lipinski definition) is 0. The molecule has 6 rings (SSSR count). The summed E-state index contributed by atoms with van der Waals surface area (Å²) in [6.07, 6.45) is 0.513. The van der Waals surface area contributed by atoms with E-state index in [9.17, 15) is 9.59 Å². The molecule has 0 saturated heterocycles. The molecule has 0 aliphatic heterocycles. The molecule has 6 aromatic rings. The molecule has 0 saturated carbocycles. The number of Topliss-reactive ketones (excluding diaryl/α,β-unsaturated/α-hetero) is 2. The number of ketones is 2. The van der Waals surface area contributed by atoms with Crippen LogP contribution in [-0.4, -0.2) is 22.8 Å². The maximum absolute atomic E-state index is 13.8. The fourth-order valence-electron chi connectivity index (χ4n) is 6.54. The lowest BCUT2D eigenvalue weighted by Gasteiger charge is -2.36. The Labute approximate surface area is 319 Å². The van der Waals surface area contributed by atoms with Crippen LogP contribution in [0, 0.1) is 0 Å². The van der Waals surface area contributed by atoms with E-state index in [1.165, 1.54) is 0 Å². The molecule has 0 amide bonds. The van der Waals surface area contributed by atoms with Gasteiger partial charge < -0.3 is 14.2 Å². The van der Waals surface area contributed by atoms with Gasteiger partial charge in [0.2, 0.25) is 0 Å². The molecule has 0 N–H and O–H groups in total. The van der Waals surface area contributed by atoms with Gasteiger partial charge in [0.1, 0.15) is 16.8 Å². The fraction of sp³-hybridized carbons (Fsp3) is 0.224. The van der Waals surface area contributed by atoms with Crippen molar-refractivity contribution in [2.45, 2.75) is 70.7 Å². The van der Waals surface area contributed by atoms with Gasteiger partial charge in [-0.05, 0) is 61.1 Å². The summed E-state index contributed by atoms with van der Waals surface area (Å²) >= 11 is 0. The summed E-state index contributed by atoms with van der Waals surface area (Å²) in [5, 5.41) is 0. The third-order valence-electron chi connectivity index (χ3n) is 9.83. The van der Waals surface area contributed by atoms with Crippen LogP contribution in [0.25, 0.3) is 0 Å². The minimum absolute atomic E-state index is 0.108. The molecule has 0 aromatic heterocycles. The Kier molecular flexibility index (Phi) is 12.1. The van der Waals surface area contributed by atoms with E-state index in [1.807, 2.05) is 185 Å². The monoisotopic (exact) mass is 716 g/mol. The Bertz CT molecular complexity index is 1980. The topological polar surface area (TPSA) is 61.8 Å². The second-order valence-corrected chi connectivity index (χ2v) is 14.6. The highest BCUT2D eigenvalue weighted by Gasteiger charge is 2.38. The predicted molar refractivity (Wildman–Crippen MR) is 214 cm³/mol. The Balaban J connectivity index is 1.34. The summed E-state index contributed by atoms with van der Waals surface area (Å²) in [5.41, 5.74) is 3.93. The SMILES string of the molecule is CC(C)(OCc1ccccc1)C(=O)c1ccc(C(Cc2ccccc2)(OCc2ccccc2)c2ccc(C(=O)C(C)(C)OCc3ccccc3)cc2)cc1. The number of carbonyl (C=O) groups excluding carboxylic acids is 2. The Morgan fingerprint density at radius 1 is 0.389 bits per heavy atom. The van der Waals surface area contributed by atoms with Crippen molar-refractivity contribution in [3.8, 4) is 0 Å². The minimum atomic E-state index is -1.04. The normalized spacial score (nSPS) is 12.0. The van der Waals surface area contributed by atoms with Crippen LogP contribution in [0.1, 0.15) is 81.8 Å². The number of hydrogen-bond acceptors (Lipinski definition) is 5. The Morgan fingerprint density at radius 3 is 1.02 bits per heavy atom. The van der Waals surface area contributed by atoms with Gasteiger partial charge in [-0.2, -0.15) is 0 Å². The van der Waals surface area contributed by atoms with E-state index in [1.54, 1.807) is 0 Å². The minimum Gasteiger partial charge on any atom is -0.363 e. The fourth-order valence-corrected chi connectivity index (χ4v) is 6.54. The molecule has 0 radical (unpaired) electrons. The van der Waals surface area contributed by atoms with E-state index in [0.29, 0.717) is 37.4 Å². The molecule has 0 aliphatic carbocycles. The van der Waals surface area contributed by atoms with Gasteiger partial charge >= 0.3 is 0 Å². The van der Waals surface area contributed by atoms with Crippen LogP contribution in [-0.2, 0) is 46.1 Å². The third kappa shape index (κ3) is 9.36. The van der Waals surface area contributed by atoms with Crippen molar-refractivity contribution in [1.82, 2.24) is 0 Å². The quantitative estimate of drug-likeness (QED) is 0.0880. The molecule has 0 unspecified atom stereocenters. The van der Waals surface area contributed by atoms with E-state index >= 15 is 0 Å². The molecular weight excluding hydrogens is 669 g/mol. The summed E-state index contributed by atoms with van der Waals surface area (Å²) in [4.78, 5) is 27.7. The smallest absolute Gasteiger partial charge is 0.194 e. The van der Waals surface area contributed by atoms with Crippen molar-refractivity contribution >= 4 is 11.6 Å². The summed E-state index contributed by atoms with van der Waals surface area (Å²) in [7, 11) is 0. The second-order valence-electron chi connectivity index (χ2n) is 14.6. The standard InChI is InChI=1S/C49H48O5/c1-47(2,52-34-38-19-11-6-12-20-38)45(50)41-25-29-43(30-26-41)49(33-37-17-9-5-10-18-37,54-36-40-23-15-8-16-24-40)44-31-27-42(28-32-44)46(51)48(3,4)53-35-39-21-13-7-14-22-39/h5-32H,33-36H2,1-4H3. The molecular formula is C49H48O5. The Hall–Kier alpha value is -5.46. The van der Waals surface area contributed by atoms with E-state index in [0.717, 1.165) is 33.4 Å². The molecule has 5 nitrogen and oxygen atoms in total. The first kappa shape index (κ1) is 38.3. The first-order chi connectivity index (χ1) is 26.1. The molecule has 274 valence electrons. The van der Waals surface area contributed by atoms with Crippen molar-refractivity contribution < 1.29 is 23.8 Å². The van der Waals surface area contributed by atoms with Crippen LogP contribution < -0.4 is 0 Å². The number of rotatable bonds is 17. The van der Waals surface area contributed by atoms with Gasteiger partial charge in [-0.3, -0.25) is 9.59 Å². The summed E-state index contributed by atoms with van der Waals surface area (Å²) in [6.45, 7) is 8.25. The van der Waals surface area contributed by atoms with Gasteiger partial charge in [-0.1, -0.05) is 170 Å². The molecule has 54 heavy (non-hydrogen) atoms. The predicted octanol–water partition coefficient (Wildman–Crippen LogP) is 10.7. The zero-order valence-electron chi connectivity index (χ0n) is 31.5. The molecule has 0 fully saturated rings. The van der Waals surface area contributed by atoms with Crippen LogP contribution in [0.4, 0.5) is 0 Å². The van der Waals surface area contributed by atoms with Crippen LogP contribution in [0.3, 0.4) is 0 Å². The van der Waals surface area contributed by atoms with Crippen LogP contribution in [0.2, 0.25) is 0 Å². The van der Waals surface area contributed by atoms with E-state index in [2.05, 4.69) is 12.1 Å². The highest BCUT2D eigenvalue weighted by molar-refractivity contribution is 6.02. The molecule has 6 aromatic carbocycles. The highest BCUT2D eigenvalue weighted by Crippen LogP contribution is 2.39. The average molecular weight is 717 g/mol. The largest absolute Gasteiger partial charge is 0.363 e. The maximum Gasteiger partial charge on any atom is 0.194 e. The van der Waals surface area contributed by atoms with E-state index in [-0.39, 0.29) is 11.6 Å². The van der Waals surface area contributed by atoms with Gasteiger partial charge in [0.15, 0.2) is 11.6 Å². The van der Waals surface area contributed by atoms with Gasteiger partial charge in [-0.15, -0.1) is 0 Å². The van der Waals surface area contributed by atoms with Crippen molar-refractivity contribution in [3.63, 3.8) is 0 Å². The van der Waals surface area contributed by atoms with E-state index < -0.39 is 16.8 Å². The molecule has 0 spiro atoms. The maximum atomic E-state index is 13.8. The second kappa shape index (κ2) is 17.1. The molecule has 5 heteroatoms. The molecule has 0 bridgehead atoms. The van der Waals surface area contributed by atoms with Crippen molar-refractivity contribution in [1.29, 1.82) is 0 Å². The van der Waals surface area contributed by atoms with Crippen molar-refractivity contribution in [2.75, 3.05) is 0 Å². The molecule has 0 heterocycles. The van der Waals surface area contributed by atoms with Gasteiger partial charge in [0.25, 0.3) is 0 Å². The molecule has 0 atom stereocenters. The van der Waals surface area contributed by atoms with Crippen molar-refractivity contribution in [3.05, 3.63) is 214 Å². The van der Waals surface area contributed by atoms with Gasteiger partial charge in [0.05, 0.1) is 19.8 Å². The summed E-state index contributed by atoms with van der Waals surface area (Å²) in [5.74, 6) is -0.215. The average Bonchev–Trinajstić information content (AvgIpc) is 3.22. The van der Waals surface area contributed by atoms with Crippen LogP contribution in [0.5, 0.6) is 0 Å². The third-order valence-corrected chi connectivity index (χ3v) is 9.83. The van der Waals surface area contributed by atoms with Crippen LogP contribution in [0.15, 0.2) is 170 Å². The lowest BCUT2D eigenvalue weighted by molar-refractivity contribution is -0.0306. The zero-order chi connectivity index (χ0) is 38.0. The zero-order valence-corrected chi connectivity index (χ0v) is 31.5. The van der Waals surface area contributed by atoms with Crippen molar-refractivity contribution in [2.24, 2.45) is 0 Å². The first-order valence-electron chi connectivity index (χ1n) is 18.4. The Morgan fingerprint density at radius 2 is 0.685 bits per heavy atom. The lowest BCUT2D eigenvalue weighted by Crippen LogP contribution is -2.36. The summed E-state index contributed by atoms with van der Waals surface area (Å²) < 4.78 is 19.4. The highest BCUT2D eigenvalue weighted by atomic mass is 16.5. The number of carbonyl (C=O) groups is 2. The van der Waals surface area contributed by atoms with Crippen LogP contribution >= 0.6 is 0 Å². The molecule has 0 aliphatic rings. The lowest BCUT2D eigenvalue weighted by atomic mass is 9.79. The number of benzene rings is 6. The van der Waals surface area contributed by atoms with Gasteiger partial charge in [-0.25, -0.2) is 0 Å². The van der Waals surface area contributed by atoms with E-state index in [4.69, 9.17) is 14.2 Å².